The van der Waals surface area contributed by atoms with Crippen LogP contribution in [0.5, 0.6) is 0 Å². The molecule has 2 rings (SSSR count). The van der Waals surface area contributed by atoms with Crippen molar-refractivity contribution in [2.24, 2.45) is 17.6 Å². The molecule has 0 unspecified atom stereocenters. The van der Waals surface area contributed by atoms with Crippen molar-refractivity contribution in [3.8, 4) is 0 Å². The normalized spacial score (nSPS) is 27.2. The fraction of sp³-hybridized carbons (Fsp3) is 0.818. The van der Waals surface area contributed by atoms with Crippen molar-refractivity contribution >= 4 is 23.7 Å². The van der Waals surface area contributed by atoms with Crippen LogP contribution in [0.4, 0.5) is 0 Å². The van der Waals surface area contributed by atoms with Gasteiger partial charge >= 0.3 is 5.97 Å². The lowest BCUT2D eigenvalue weighted by Gasteiger charge is -2.31. The van der Waals surface area contributed by atoms with E-state index in [1.54, 1.807) is 0 Å². The zero-order valence-electron chi connectivity index (χ0n) is 19.8. The molecule has 6 atom stereocenters. The Bertz CT molecular complexity index is 744. The van der Waals surface area contributed by atoms with Gasteiger partial charge in [-0.05, 0) is 24.7 Å². The van der Waals surface area contributed by atoms with E-state index < -0.39 is 60.1 Å². The molecule has 0 saturated carbocycles. The number of likely N-dealkylation sites (tertiary alicyclic amines) is 2. The minimum atomic E-state index is -1.22. The molecule has 11 nitrogen and oxygen atoms in total. The number of hydrogen-bond donors (Lipinski definition) is 5. The van der Waals surface area contributed by atoms with Gasteiger partial charge in [0.05, 0.1) is 18.2 Å². The quantitative estimate of drug-likeness (QED) is 0.282. The number of hydrogen-bond acceptors (Lipinski definition) is 7. The number of rotatable bonds is 9. The predicted molar refractivity (Wildman–Crippen MR) is 119 cm³/mol. The Morgan fingerprint density at radius 2 is 1.36 bits per heavy atom. The van der Waals surface area contributed by atoms with Gasteiger partial charge in [0, 0.05) is 25.9 Å². The lowest BCUT2D eigenvalue weighted by molar-refractivity contribution is -0.150. The van der Waals surface area contributed by atoms with E-state index in [4.69, 9.17) is 5.73 Å². The summed E-state index contributed by atoms with van der Waals surface area (Å²) in [6, 6.07) is -3.98. The van der Waals surface area contributed by atoms with Crippen LogP contribution in [0.15, 0.2) is 0 Å². The van der Waals surface area contributed by atoms with Crippen molar-refractivity contribution in [3.05, 3.63) is 0 Å². The van der Waals surface area contributed by atoms with Crippen molar-refractivity contribution in [2.75, 3.05) is 13.1 Å². The topological polar surface area (TPSA) is 173 Å². The third-order valence-electron chi connectivity index (χ3n) is 6.08. The zero-order valence-corrected chi connectivity index (χ0v) is 19.8. The maximum absolute atomic E-state index is 13.2. The van der Waals surface area contributed by atoms with E-state index in [0.29, 0.717) is 6.42 Å². The Kier molecular flexibility index (Phi) is 9.21. The van der Waals surface area contributed by atoms with Gasteiger partial charge in [-0.15, -0.1) is 0 Å². The average molecular weight is 471 g/mol. The highest BCUT2D eigenvalue weighted by Crippen LogP contribution is 2.23. The molecule has 11 heteroatoms. The fourth-order valence-corrected chi connectivity index (χ4v) is 4.58. The predicted octanol–water partition coefficient (Wildman–Crippen LogP) is -1.10. The van der Waals surface area contributed by atoms with Crippen LogP contribution in [-0.2, 0) is 19.2 Å². The number of aliphatic carboxylic acids is 1. The first-order valence-electron chi connectivity index (χ1n) is 11.6. The van der Waals surface area contributed by atoms with Crippen LogP contribution in [0, 0.1) is 11.8 Å². The SMILES string of the molecule is CC(C)C[C@H](NC(=O)[C@H]1C[C@@H](O)CN1C(=O)[C@@H](N)CC(C)C)C(=O)N1C[C@H](O)C[C@H]1C(=O)O. The van der Waals surface area contributed by atoms with Gasteiger partial charge in [-0.1, -0.05) is 27.7 Å². The van der Waals surface area contributed by atoms with Crippen LogP contribution in [0.3, 0.4) is 0 Å². The number of carboxylic acid groups (broad SMARTS) is 1. The monoisotopic (exact) mass is 470 g/mol. The Morgan fingerprint density at radius 3 is 1.85 bits per heavy atom. The van der Waals surface area contributed by atoms with Gasteiger partial charge in [0.1, 0.15) is 18.1 Å². The molecule has 3 amide bonds. The molecule has 2 aliphatic rings. The lowest BCUT2D eigenvalue weighted by Crippen LogP contribution is -2.57. The third-order valence-corrected chi connectivity index (χ3v) is 6.08. The van der Waals surface area contributed by atoms with E-state index in [2.05, 4.69) is 5.32 Å². The molecule has 0 aliphatic carbocycles. The number of carbonyl (C=O) groups is 4. The smallest absolute Gasteiger partial charge is 0.326 e. The van der Waals surface area contributed by atoms with Crippen LogP contribution < -0.4 is 11.1 Å². The fourth-order valence-electron chi connectivity index (χ4n) is 4.58. The molecule has 2 aliphatic heterocycles. The standard InChI is InChI=1S/C22H38N4O7/c1-11(2)5-15(23)20(30)25-9-13(27)7-17(25)19(29)24-16(6-12(3)4)21(31)26-10-14(28)8-18(26)22(32)33/h11-18,27-28H,5-10,23H2,1-4H3,(H,24,29)(H,32,33)/t13-,14-,15+,16+,17-,18+/m1/s1. The van der Waals surface area contributed by atoms with Crippen molar-refractivity contribution in [1.29, 1.82) is 0 Å². The van der Waals surface area contributed by atoms with Gasteiger partial charge in [0.2, 0.25) is 17.7 Å². The number of carbonyl (C=O) groups excluding carboxylic acids is 3. The second kappa shape index (κ2) is 11.3. The summed E-state index contributed by atoms with van der Waals surface area (Å²) in [7, 11) is 0. The van der Waals surface area contributed by atoms with Gasteiger partial charge in [-0.2, -0.15) is 0 Å². The molecule has 0 aromatic heterocycles. The minimum absolute atomic E-state index is 0.00132. The van der Waals surface area contributed by atoms with Crippen LogP contribution in [0.2, 0.25) is 0 Å². The van der Waals surface area contributed by atoms with E-state index in [9.17, 15) is 34.5 Å². The number of amides is 3. The summed E-state index contributed by atoms with van der Waals surface area (Å²) >= 11 is 0. The number of carboxylic acids is 1. The van der Waals surface area contributed by atoms with Gasteiger partial charge < -0.3 is 36.2 Å². The van der Waals surface area contributed by atoms with Crippen LogP contribution in [0.25, 0.3) is 0 Å². The number of nitrogens with one attached hydrogen (secondary N) is 1. The maximum atomic E-state index is 13.2. The maximum Gasteiger partial charge on any atom is 0.326 e. The van der Waals surface area contributed by atoms with Crippen molar-refractivity contribution in [2.45, 2.75) is 89.8 Å². The van der Waals surface area contributed by atoms with Gasteiger partial charge in [-0.3, -0.25) is 14.4 Å². The Morgan fingerprint density at radius 1 is 0.879 bits per heavy atom. The van der Waals surface area contributed by atoms with Gasteiger partial charge in [-0.25, -0.2) is 4.79 Å². The molecule has 2 heterocycles. The van der Waals surface area contributed by atoms with Crippen molar-refractivity contribution in [3.63, 3.8) is 0 Å². The van der Waals surface area contributed by atoms with Gasteiger partial charge in [0.15, 0.2) is 0 Å². The third kappa shape index (κ3) is 6.87. The molecule has 0 bridgehead atoms. The molecule has 0 spiro atoms. The number of β-amino-alcohol motifs (C(OH)–C–C–N with tert-alkyl or cyclic N) is 2. The lowest BCUT2D eigenvalue weighted by atomic mass is 10.0. The summed E-state index contributed by atoms with van der Waals surface area (Å²) in [6.07, 6.45) is -1.21. The number of aliphatic hydroxyl groups excluding tert-OH is 2. The number of nitrogens with two attached hydrogens (primary N) is 1. The molecule has 33 heavy (non-hydrogen) atoms. The molecular formula is C22H38N4O7. The molecule has 2 saturated heterocycles. The Balaban J connectivity index is 2.18. The molecule has 2 fully saturated rings. The summed E-state index contributed by atoms with van der Waals surface area (Å²) in [6.45, 7) is 7.43. The largest absolute Gasteiger partial charge is 0.480 e. The first kappa shape index (κ1) is 27.0. The molecule has 0 radical (unpaired) electrons. The minimum Gasteiger partial charge on any atom is -0.480 e. The second-order valence-electron chi connectivity index (χ2n) is 10.1. The van der Waals surface area contributed by atoms with Crippen molar-refractivity contribution in [1.82, 2.24) is 15.1 Å². The molecular weight excluding hydrogens is 432 g/mol. The molecule has 188 valence electrons. The van der Waals surface area contributed by atoms with E-state index in [1.807, 2.05) is 27.7 Å². The summed E-state index contributed by atoms with van der Waals surface area (Å²) < 4.78 is 0. The highest BCUT2D eigenvalue weighted by molar-refractivity contribution is 5.94. The average Bonchev–Trinajstić information content (AvgIpc) is 3.28. The van der Waals surface area contributed by atoms with Crippen LogP contribution >= 0.6 is 0 Å². The molecule has 0 aromatic rings. The zero-order chi connectivity index (χ0) is 25.0. The summed E-state index contributed by atoms with van der Waals surface area (Å²) in [5.41, 5.74) is 6.02. The van der Waals surface area contributed by atoms with E-state index in [1.165, 1.54) is 4.90 Å². The van der Waals surface area contributed by atoms with Crippen molar-refractivity contribution < 1.29 is 34.5 Å². The summed E-state index contributed by atoms with van der Waals surface area (Å²) in [5, 5.41) is 32.1. The molecule has 0 aromatic carbocycles. The highest BCUT2D eigenvalue weighted by atomic mass is 16.4. The van der Waals surface area contributed by atoms with Crippen LogP contribution in [0.1, 0.15) is 53.4 Å². The molecule has 6 N–H and O–H groups in total. The first-order valence-corrected chi connectivity index (χ1v) is 11.6. The second-order valence-corrected chi connectivity index (χ2v) is 10.1. The van der Waals surface area contributed by atoms with Crippen LogP contribution in [-0.4, -0.2) is 98.3 Å². The summed E-state index contributed by atoms with van der Waals surface area (Å²) in [5.74, 6) is -2.66. The summed E-state index contributed by atoms with van der Waals surface area (Å²) in [4.78, 5) is 53.1. The van der Waals surface area contributed by atoms with Gasteiger partial charge in [0.25, 0.3) is 0 Å². The van der Waals surface area contributed by atoms with E-state index in [-0.39, 0.29) is 44.2 Å². The van der Waals surface area contributed by atoms with E-state index >= 15 is 0 Å². The first-order chi connectivity index (χ1) is 15.3. The highest BCUT2D eigenvalue weighted by Gasteiger charge is 2.44. The van der Waals surface area contributed by atoms with E-state index in [0.717, 1.165) is 4.90 Å². The Labute approximate surface area is 194 Å². The number of nitrogens with zero attached hydrogens (tertiary/aromatic N) is 2. The number of aliphatic hydroxyl groups is 2. The Hall–Kier alpha value is -2.24.